The molecule has 1 fully saturated rings. The van der Waals surface area contributed by atoms with E-state index in [1.54, 1.807) is 32.4 Å². The molecule has 1 aromatic heterocycles. The normalized spacial score (nSPS) is 18.2. The van der Waals surface area contributed by atoms with Gasteiger partial charge in [-0.25, -0.2) is 4.98 Å². The largest absolute Gasteiger partial charge is 0.497 e. The zero-order valence-electron chi connectivity index (χ0n) is 19.1. The van der Waals surface area contributed by atoms with Crippen molar-refractivity contribution in [2.75, 3.05) is 45.1 Å². The van der Waals surface area contributed by atoms with Crippen LogP contribution < -0.4 is 25.0 Å². The van der Waals surface area contributed by atoms with E-state index in [9.17, 15) is 4.79 Å². The molecule has 1 amide bonds. The summed E-state index contributed by atoms with van der Waals surface area (Å²) >= 11 is 0. The summed E-state index contributed by atoms with van der Waals surface area (Å²) in [6.45, 7) is 2.68. The molecule has 0 spiro atoms. The second-order valence-corrected chi connectivity index (χ2v) is 8.27. The van der Waals surface area contributed by atoms with Gasteiger partial charge in [0.25, 0.3) is 5.91 Å². The van der Waals surface area contributed by atoms with E-state index in [0.29, 0.717) is 41.5 Å². The quantitative estimate of drug-likeness (QED) is 0.668. The summed E-state index contributed by atoms with van der Waals surface area (Å²) in [6, 6.07) is 5.56. The van der Waals surface area contributed by atoms with Crippen LogP contribution in [0.4, 0.5) is 11.8 Å². The zero-order valence-corrected chi connectivity index (χ0v) is 19.1. The van der Waals surface area contributed by atoms with Gasteiger partial charge in [0.1, 0.15) is 17.3 Å². The molecule has 0 unspecified atom stereocenters. The van der Waals surface area contributed by atoms with Gasteiger partial charge in [-0.2, -0.15) is 4.98 Å². The van der Waals surface area contributed by atoms with Crippen LogP contribution in [0.5, 0.6) is 11.5 Å². The van der Waals surface area contributed by atoms with E-state index >= 15 is 0 Å². The predicted octanol–water partition coefficient (Wildman–Crippen LogP) is 3.27. The molecular weight excluding hydrogens is 394 g/mol. The van der Waals surface area contributed by atoms with E-state index in [-0.39, 0.29) is 5.91 Å². The molecule has 0 atom stereocenters. The molecule has 8 nitrogen and oxygen atoms in total. The lowest BCUT2D eigenvalue weighted by molar-refractivity contribution is 0.0942. The van der Waals surface area contributed by atoms with Crippen molar-refractivity contribution >= 4 is 17.7 Å². The third kappa shape index (κ3) is 5.99. The number of methoxy groups -OCH3 is 2. The van der Waals surface area contributed by atoms with Gasteiger partial charge in [-0.15, -0.1) is 0 Å². The second kappa shape index (κ2) is 10.3. The van der Waals surface area contributed by atoms with Crippen LogP contribution in [0.25, 0.3) is 0 Å². The summed E-state index contributed by atoms with van der Waals surface area (Å²) in [5.74, 6) is 3.17. The molecule has 0 aliphatic heterocycles. The lowest BCUT2D eigenvalue weighted by Crippen LogP contribution is -2.34. The molecule has 0 saturated heterocycles. The van der Waals surface area contributed by atoms with Crippen LogP contribution in [-0.2, 0) is 0 Å². The molecular formula is C23H33N5O3. The Hall–Kier alpha value is -3.03. The number of nitrogens with zero attached hydrogens (tertiary/aromatic N) is 3. The third-order valence-electron chi connectivity index (χ3n) is 5.71. The van der Waals surface area contributed by atoms with Crippen molar-refractivity contribution in [2.24, 2.45) is 5.92 Å². The highest BCUT2D eigenvalue weighted by Gasteiger charge is 2.23. The number of nitrogens with one attached hydrogen (secondary N) is 2. The van der Waals surface area contributed by atoms with Crippen molar-refractivity contribution in [3.63, 3.8) is 0 Å². The molecule has 1 heterocycles. The number of hydrogen-bond acceptors (Lipinski definition) is 7. The number of aryl methyl sites for hydroxylation is 1. The Balaban J connectivity index is 1.48. The van der Waals surface area contributed by atoms with Gasteiger partial charge in [-0.05, 0) is 50.7 Å². The van der Waals surface area contributed by atoms with Gasteiger partial charge < -0.3 is 25.0 Å². The minimum Gasteiger partial charge on any atom is -0.497 e. The van der Waals surface area contributed by atoms with Crippen LogP contribution in [0, 0.1) is 12.8 Å². The fourth-order valence-corrected chi connectivity index (χ4v) is 3.93. The molecule has 1 aliphatic rings. The summed E-state index contributed by atoms with van der Waals surface area (Å²) in [4.78, 5) is 23.6. The first-order valence-electron chi connectivity index (χ1n) is 10.7. The van der Waals surface area contributed by atoms with Crippen molar-refractivity contribution in [1.29, 1.82) is 0 Å². The first kappa shape index (κ1) is 22.7. The highest BCUT2D eigenvalue weighted by molar-refractivity contribution is 5.95. The van der Waals surface area contributed by atoms with Gasteiger partial charge in [0.2, 0.25) is 5.95 Å². The molecule has 2 N–H and O–H groups in total. The maximum atomic E-state index is 12.6. The average Bonchev–Trinajstić information content (AvgIpc) is 2.79. The SMILES string of the molecule is COc1cc(OC)cc(C(=O)NC[C@H]2CC[C@@H](Nc3ncc(C)c(N(C)C)n3)CC2)c1. The average molecular weight is 428 g/mol. The van der Waals surface area contributed by atoms with Crippen molar-refractivity contribution in [3.05, 3.63) is 35.5 Å². The lowest BCUT2D eigenvalue weighted by atomic mass is 9.86. The summed E-state index contributed by atoms with van der Waals surface area (Å²) in [6.07, 6.45) is 6.01. The monoisotopic (exact) mass is 427 g/mol. The molecule has 8 heteroatoms. The van der Waals surface area contributed by atoms with Crippen LogP contribution in [0.2, 0.25) is 0 Å². The van der Waals surface area contributed by atoms with Gasteiger partial charge >= 0.3 is 0 Å². The van der Waals surface area contributed by atoms with Crippen LogP contribution in [0.15, 0.2) is 24.4 Å². The van der Waals surface area contributed by atoms with Gasteiger partial charge in [-0.1, -0.05) is 0 Å². The molecule has 168 valence electrons. The Morgan fingerprint density at radius 3 is 2.32 bits per heavy atom. The summed E-state index contributed by atoms with van der Waals surface area (Å²) < 4.78 is 10.5. The lowest BCUT2D eigenvalue weighted by Gasteiger charge is -2.29. The zero-order chi connectivity index (χ0) is 22.4. The van der Waals surface area contributed by atoms with Gasteiger partial charge in [-0.3, -0.25) is 4.79 Å². The van der Waals surface area contributed by atoms with Crippen molar-refractivity contribution < 1.29 is 14.3 Å². The van der Waals surface area contributed by atoms with Crippen molar-refractivity contribution in [2.45, 2.75) is 38.6 Å². The number of rotatable bonds is 8. The fourth-order valence-electron chi connectivity index (χ4n) is 3.93. The molecule has 2 aromatic rings. The maximum absolute atomic E-state index is 12.6. The molecule has 0 radical (unpaired) electrons. The number of amides is 1. The van der Waals surface area contributed by atoms with E-state index in [4.69, 9.17) is 9.47 Å². The number of anilines is 2. The minimum absolute atomic E-state index is 0.110. The first-order chi connectivity index (χ1) is 14.9. The fraction of sp³-hybridized carbons (Fsp3) is 0.522. The van der Waals surface area contributed by atoms with Gasteiger partial charge in [0, 0.05) is 50.1 Å². The van der Waals surface area contributed by atoms with Crippen molar-refractivity contribution in [3.8, 4) is 11.5 Å². The number of aromatic nitrogens is 2. The number of carbonyl (C=O) groups excluding carboxylic acids is 1. The topological polar surface area (TPSA) is 88.6 Å². The molecule has 31 heavy (non-hydrogen) atoms. The Bertz CT molecular complexity index is 873. The predicted molar refractivity (Wildman–Crippen MR) is 122 cm³/mol. The molecule has 3 rings (SSSR count). The van der Waals surface area contributed by atoms with Crippen LogP contribution in [-0.4, -0.2) is 56.8 Å². The Kier molecular flexibility index (Phi) is 7.55. The highest BCUT2D eigenvalue weighted by Crippen LogP contribution is 2.27. The number of benzene rings is 1. The van der Waals surface area contributed by atoms with Crippen LogP contribution in [0.3, 0.4) is 0 Å². The number of ether oxygens (including phenoxy) is 2. The van der Waals surface area contributed by atoms with E-state index in [1.807, 2.05) is 32.1 Å². The van der Waals surface area contributed by atoms with E-state index in [0.717, 1.165) is 37.1 Å². The summed E-state index contributed by atoms with van der Waals surface area (Å²) in [5.41, 5.74) is 1.60. The van der Waals surface area contributed by atoms with E-state index < -0.39 is 0 Å². The summed E-state index contributed by atoms with van der Waals surface area (Å²) in [5, 5.41) is 6.54. The number of hydrogen-bond donors (Lipinski definition) is 2. The number of carbonyl (C=O) groups is 1. The molecule has 1 aromatic carbocycles. The van der Waals surface area contributed by atoms with Crippen LogP contribution >= 0.6 is 0 Å². The van der Waals surface area contributed by atoms with Gasteiger partial charge in [0.15, 0.2) is 0 Å². The smallest absolute Gasteiger partial charge is 0.251 e. The molecule has 1 aliphatic carbocycles. The standard InChI is InChI=1S/C23H33N5O3/c1-15-13-25-23(27-21(15)28(2)3)26-18-8-6-16(7-9-18)14-24-22(29)17-10-19(30-4)12-20(11-17)31-5/h10-13,16,18H,6-9,14H2,1-5H3,(H,24,29)(H,25,26,27)/t16-,18+. The Morgan fingerprint density at radius 2 is 1.74 bits per heavy atom. The van der Waals surface area contributed by atoms with E-state index in [1.165, 1.54) is 0 Å². The highest BCUT2D eigenvalue weighted by atomic mass is 16.5. The first-order valence-corrected chi connectivity index (χ1v) is 10.7. The minimum atomic E-state index is -0.110. The Morgan fingerprint density at radius 1 is 1.10 bits per heavy atom. The maximum Gasteiger partial charge on any atom is 0.251 e. The Labute approximate surface area is 184 Å². The molecule has 1 saturated carbocycles. The van der Waals surface area contributed by atoms with E-state index in [2.05, 4.69) is 20.6 Å². The van der Waals surface area contributed by atoms with Gasteiger partial charge in [0.05, 0.1) is 14.2 Å². The van der Waals surface area contributed by atoms with Crippen molar-refractivity contribution in [1.82, 2.24) is 15.3 Å². The second-order valence-electron chi connectivity index (χ2n) is 8.27. The third-order valence-corrected chi connectivity index (χ3v) is 5.71. The molecule has 0 bridgehead atoms. The summed E-state index contributed by atoms with van der Waals surface area (Å²) in [7, 11) is 7.12. The van der Waals surface area contributed by atoms with Crippen LogP contribution in [0.1, 0.15) is 41.6 Å².